The number of hydrogen-bond acceptors (Lipinski definition) is 5. The van der Waals surface area contributed by atoms with Crippen molar-refractivity contribution < 1.29 is 19.4 Å². The van der Waals surface area contributed by atoms with Crippen LogP contribution in [0.25, 0.3) is 0 Å². The maximum Gasteiger partial charge on any atom is 0.335 e. The Hall–Kier alpha value is -4.17. The summed E-state index contributed by atoms with van der Waals surface area (Å²) in [6, 6.07) is 11.9. The summed E-state index contributed by atoms with van der Waals surface area (Å²) in [6.07, 6.45) is 6.91. The van der Waals surface area contributed by atoms with Gasteiger partial charge in [0.25, 0.3) is 0 Å². The van der Waals surface area contributed by atoms with Crippen LogP contribution in [0.4, 0.5) is 5.69 Å². The highest BCUT2D eigenvalue weighted by Gasteiger charge is 2.18. The highest BCUT2D eigenvalue weighted by molar-refractivity contribution is 5.94. The van der Waals surface area contributed by atoms with Crippen LogP contribution in [0.15, 0.2) is 47.5 Å². The second kappa shape index (κ2) is 12.0. The Morgan fingerprint density at radius 1 is 1.21 bits per heavy atom. The van der Waals surface area contributed by atoms with Gasteiger partial charge < -0.3 is 19.9 Å². The molecule has 0 bridgehead atoms. The van der Waals surface area contributed by atoms with E-state index in [9.17, 15) is 4.79 Å². The first kappa shape index (κ1) is 23.5. The molecule has 2 aromatic rings. The smallest absolute Gasteiger partial charge is 0.335 e. The summed E-state index contributed by atoms with van der Waals surface area (Å²) in [7, 11) is 1.60. The second-order valence-corrected chi connectivity index (χ2v) is 7.42. The van der Waals surface area contributed by atoms with Crippen LogP contribution < -0.4 is 20.1 Å². The number of anilines is 1. The molecule has 8 heteroatoms. The predicted octanol–water partition coefficient (Wildman–Crippen LogP) is 4.00. The first-order valence-corrected chi connectivity index (χ1v) is 10.7. The number of guanidine groups is 1. The van der Waals surface area contributed by atoms with Gasteiger partial charge in [-0.15, -0.1) is 0 Å². The van der Waals surface area contributed by atoms with Gasteiger partial charge in [-0.3, -0.25) is 10.3 Å². The summed E-state index contributed by atoms with van der Waals surface area (Å²) in [6.45, 7) is 0.351. The van der Waals surface area contributed by atoms with E-state index in [-0.39, 0.29) is 11.7 Å². The van der Waals surface area contributed by atoms with Gasteiger partial charge in [0.1, 0.15) is 0 Å². The molecule has 1 aliphatic rings. The van der Waals surface area contributed by atoms with Gasteiger partial charge >= 0.3 is 5.97 Å². The molecular formula is C25H26N4O4. The molecule has 0 aromatic heterocycles. The molecular weight excluding hydrogens is 420 g/mol. The monoisotopic (exact) mass is 446 g/mol. The molecule has 0 unspecified atom stereocenters. The van der Waals surface area contributed by atoms with Crippen molar-refractivity contribution in [1.29, 1.82) is 5.26 Å². The number of nitrogens with zero attached hydrogens (tertiary/aromatic N) is 2. The molecule has 0 aliphatic heterocycles. The fourth-order valence-electron chi connectivity index (χ4n) is 3.45. The molecule has 2 aromatic carbocycles. The maximum atomic E-state index is 11.0. The van der Waals surface area contributed by atoms with Gasteiger partial charge in [-0.05, 0) is 56.0 Å². The lowest BCUT2D eigenvalue weighted by molar-refractivity contribution is 0.0697. The van der Waals surface area contributed by atoms with E-state index in [4.69, 9.17) is 19.8 Å². The van der Waals surface area contributed by atoms with E-state index in [2.05, 4.69) is 27.5 Å². The Morgan fingerprint density at radius 2 is 2.03 bits per heavy atom. The van der Waals surface area contributed by atoms with E-state index < -0.39 is 5.97 Å². The SMILES string of the molecule is COc1ccc(NC(=NCCC#Cc2cccc(C(=O)O)c2)NC#N)cc1OC1CCCC1. The lowest BCUT2D eigenvalue weighted by atomic mass is 10.1. The van der Waals surface area contributed by atoms with Gasteiger partial charge in [0.05, 0.1) is 25.3 Å². The quantitative estimate of drug-likeness (QED) is 0.147. The topological polar surface area (TPSA) is 116 Å². The lowest BCUT2D eigenvalue weighted by Crippen LogP contribution is -2.27. The van der Waals surface area contributed by atoms with Gasteiger partial charge in [-0.25, -0.2) is 4.79 Å². The van der Waals surface area contributed by atoms with E-state index in [0.29, 0.717) is 41.7 Å². The van der Waals surface area contributed by atoms with Crippen molar-refractivity contribution >= 4 is 17.6 Å². The average molecular weight is 447 g/mol. The van der Waals surface area contributed by atoms with E-state index >= 15 is 0 Å². The van der Waals surface area contributed by atoms with Crippen molar-refractivity contribution in [3.05, 3.63) is 53.6 Å². The van der Waals surface area contributed by atoms with E-state index in [0.717, 1.165) is 12.8 Å². The van der Waals surface area contributed by atoms with Crippen molar-refractivity contribution in [2.45, 2.75) is 38.2 Å². The summed E-state index contributed by atoms with van der Waals surface area (Å²) >= 11 is 0. The normalized spacial score (nSPS) is 13.4. The van der Waals surface area contributed by atoms with Gasteiger partial charge in [0.2, 0.25) is 5.96 Å². The molecule has 0 spiro atoms. The van der Waals surface area contributed by atoms with E-state index in [1.807, 2.05) is 24.4 Å². The minimum Gasteiger partial charge on any atom is -0.493 e. The van der Waals surface area contributed by atoms with Crippen LogP contribution in [-0.2, 0) is 0 Å². The molecule has 0 atom stereocenters. The summed E-state index contributed by atoms with van der Waals surface area (Å²) in [5, 5.41) is 23.7. The number of nitriles is 1. The molecule has 0 saturated heterocycles. The van der Waals surface area contributed by atoms with Crippen molar-refractivity contribution in [2.24, 2.45) is 4.99 Å². The number of aliphatic imine (C=N–C) groups is 1. The molecule has 8 nitrogen and oxygen atoms in total. The molecule has 0 heterocycles. The Morgan fingerprint density at radius 3 is 2.76 bits per heavy atom. The number of carboxylic acids is 1. The van der Waals surface area contributed by atoms with Crippen molar-refractivity contribution in [1.82, 2.24) is 5.32 Å². The zero-order chi connectivity index (χ0) is 23.5. The summed E-state index contributed by atoms with van der Waals surface area (Å²) in [4.78, 5) is 15.4. The first-order chi connectivity index (χ1) is 16.1. The second-order valence-electron chi connectivity index (χ2n) is 7.42. The van der Waals surface area contributed by atoms with Crippen molar-refractivity contribution in [3.63, 3.8) is 0 Å². The Labute approximate surface area is 193 Å². The van der Waals surface area contributed by atoms with Gasteiger partial charge in [0, 0.05) is 23.7 Å². The molecule has 1 fully saturated rings. The molecule has 1 aliphatic carbocycles. The number of rotatable bonds is 7. The third-order valence-electron chi connectivity index (χ3n) is 5.05. The molecule has 0 radical (unpaired) electrons. The van der Waals surface area contributed by atoms with Crippen LogP contribution in [0.2, 0.25) is 0 Å². The fourth-order valence-corrected chi connectivity index (χ4v) is 3.45. The van der Waals surface area contributed by atoms with Crippen LogP contribution >= 0.6 is 0 Å². The number of nitrogens with one attached hydrogen (secondary N) is 2. The predicted molar refractivity (Wildman–Crippen MR) is 125 cm³/mol. The molecule has 33 heavy (non-hydrogen) atoms. The molecule has 0 amide bonds. The average Bonchev–Trinajstić information content (AvgIpc) is 3.32. The minimum atomic E-state index is -0.989. The summed E-state index contributed by atoms with van der Waals surface area (Å²) in [5.41, 5.74) is 1.53. The number of aromatic carboxylic acids is 1. The Balaban J connectivity index is 1.63. The number of benzene rings is 2. The molecule has 1 saturated carbocycles. The van der Waals surface area contributed by atoms with Crippen LogP contribution in [0.1, 0.15) is 48.0 Å². The number of methoxy groups -OCH3 is 1. The summed E-state index contributed by atoms with van der Waals surface area (Å²) < 4.78 is 11.5. The highest BCUT2D eigenvalue weighted by Crippen LogP contribution is 2.33. The summed E-state index contributed by atoms with van der Waals surface area (Å²) in [5.74, 6) is 6.51. The molecule has 3 N–H and O–H groups in total. The van der Waals surface area contributed by atoms with Crippen LogP contribution in [0.3, 0.4) is 0 Å². The van der Waals surface area contributed by atoms with Gasteiger partial charge in [-0.1, -0.05) is 17.9 Å². The van der Waals surface area contributed by atoms with Crippen LogP contribution in [-0.4, -0.2) is 36.8 Å². The van der Waals surface area contributed by atoms with Gasteiger partial charge in [-0.2, -0.15) is 5.26 Å². The number of carboxylic acid groups (broad SMARTS) is 1. The Bertz CT molecular complexity index is 1110. The zero-order valence-electron chi connectivity index (χ0n) is 18.4. The first-order valence-electron chi connectivity index (χ1n) is 10.7. The van der Waals surface area contributed by atoms with E-state index in [1.54, 1.807) is 19.2 Å². The lowest BCUT2D eigenvalue weighted by Gasteiger charge is -2.17. The Kier molecular flexibility index (Phi) is 8.55. The van der Waals surface area contributed by atoms with E-state index in [1.165, 1.54) is 25.0 Å². The number of hydrogen-bond donors (Lipinski definition) is 3. The minimum absolute atomic E-state index is 0.189. The van der Waals surface area contributed by atoms with Crippen molar-refractivity contribution in [3.8, 4) is 29.5 Å². The number of ether oxygens (including phenoxy) is 2. The third-order valence-corrected chi connectivity index (χ3v) is 5.05. The number of carbonyl (C=O) groups is 1. The van der Waals surface area contributed by atoms with Gasteiger partial charge in [0.15, 0.2) is 17.7 Å². The fraction of sp³-hybridized carbons (Fsp3) is 0.320. The molecule has 3 rings (SSSR count). The van der Waals surface area contributed by atoms with Crippen molar-refractivity contribution in [2.75, 3.05) is 19.0 Å². The third kappa shape index (κ3) is 7.19. The zero-order valence-corrected chi connectivity index (χ0v) is 18.4. The highest BCUT2D eigenvalue weighted by atomic mass is 16.5. The standard InChI is InChI=1S/C25H26N4O4/c1-32-22-13-12-20(16-23(22)33-21-10-2-3-11-21)29-25(28-17-26)27-14-5-4-7-18-8-6-9-19(15-18)24(30)31/h6,8-9,12-13,15-16,21H,2-3,5,10-11,14H2,1H3,(H,30,31)(H2,27,28,29). The van der Waals surface area contributed by atoms with Crippen LogP contribution in [0.5, 0.6) is 11.5 Å². The molecule has 170 valence electrons. The largest absolute Gasteiger partial charge is 0.493 e. The maximum absolute atomic E-state index is 11.0. The van der Waals surface area contributed by atoms with Crippen LogP contribution in [0, 0.1) is 23.3 Å².